The highest BCUT2D eigenvalue weighted by Crippen LogP contribution is 2.21. The number of carbonyl (C=O) groups excluding carboxylic acids is 1. The van der Waals surface area contributed by atoms with Crippen molar-refractivity contribution in [3.8, 4) is 11.3 Å². The number of amides is 2. The first-order chi connectivity index (χ1) is 11.6. The number of nitrogens with one attached hydrogen (secondary N) is 2. The Hall–Kier alpha value is -2.66. The first kappa shape index (κ1) is 16.2. The van der Waals surface area contributed by atoms with Crippen molar-refractivity contribution in [2.24, 2.45) is 0 Å². The summed E-state index contributed by atoms with van der Waals surface area (Å²) >= 11 is 1.64. The van der Waals surface area contributed by atoms with Crippen LogP contribution < -0.4 is 10.6 Å². The van der Waals surface area contributed by atoms with Gasteiger partial charge in [-0.3, -0.25) is 0 Å². The lowest BCUT2D eigenvalue weighted by Gasteiger charge is -2.08. The topological polar surface area (TPSA) is 54.0 Å². The van der Waals surface area contributed by atoms with Crippen molar-refractivity contribution in [1.29, 1.82) is 0 Å². The number of anilines is 1. The fourth-order valence-electron chi connectivity index (χ4n) is 2.28. The van der Waals surface area contributed by atoms with E-state index in [2.05, 4.69) is 21.0 Å². The minimum absolute atomic E-state index is 0.210. The Kier molecular flexibility index (Phi) is 4.91. The van der Waals surface area contributed by atoms with Crippen LogP contribution in [0.15, 0.2) is 53.9 Å². The summed E-state index contributed by atoms with van der Waals surface area (Å²) < 4.78 is 0. The Morgan fingerprint density at radius 3 is 2.38 bits per heavy atom. The van der Waals surface area contributed by atoms with Gasteiger partial charge in [-0.1, -0.05) is 42.0 Å². The Morgan fingerprint density at radius 2 is 1.75 bits per heavy atom. The second kappa shape index (κ2) is 7.27. The van der Waals surface area contributed by atoms with E-state index in [-0.39, 0.29) is 6.03 Å². The Balaban J connectivity index is 1.54. The number of aryl methyl sites for hydroxylation is 2. The van der Waals surface area contributed by atoms with Gasteiger partial charge in [0, 0.05) is 23.2 Å². The fraction of sp³-hybridized carbons (Fsp3) is 0.158. The van der Waals surface area contributed by atoms with Crippen LogP contribution in [0.5, 0.6) is 0 Å². The predicted octanol–water partition coefficient (Wildman–Crippen LogP) is 4.75. The Bertz CT molecular complexity index is 823. The van der Waals surface area contributed by atoms with E-state index >= 15 is 0 Å². The molecule has 24 heavy (non-hydrogen) atoms. The summed E-state index contributed by atoms with van der Waals surface area (Å²) in [5.41, 5.74) is 5.08. The van der Waals surface area contributed by atoms with Crippen LogP contribution >= 0.6 is 11.3 Å². The van der Waals surface area contributed by atoms with Gasteiger partial charge in [0.15, 0.2) is 0 Å². The van der Waals surface area contributed by atoms with Crippen LogP contribution in [0.25, 0.3) is 11.3 Å². The van der Waals surface area contributed by atoms with Crippen molar-refractivity contribution >= 4 is 23.1 Å². The van der Waals surface area contributed by atoms with Gasteiger partial charge in [0.2, 0.25) is 0 Å². The summed E-state index contributed by atoms with van der Waals surface area (Å²) in [6.07, 6.45) is 0. The van der Waals surface area contributed by atoms with Crippen LogP contribution in [0.2, 0.25) is 0 Å². The van der Waals surface area contributed by atoms with E-state index in [0.29, 0.717) is 6.54 Å². The Morgan fingerprint density at radius 1 is 1.04 bits per heavy atom. The third-order valence-corrected chi connectivity index (χ3v) is 4.40. The Labute approximate surface area is 145 Å². The molecule has 0 aliphatic rings. The quantitative estimate of drug-likeness (QED) is 0.722. The summed E-state index contributed by atoms with van der Waals surface area (Å²) in [6, 6.07) is 15.6. The maximum absolute atomic E-state index is 11.9. The molecular weight excluding hydrogens is 318 g/mol. The van der Waals surface area contributed by atoms with Crippen LogP contribution in [0.4, 0.5) is 10.5 Å². The molecule has 0 spiro atoms. The average Bonchev–Trinajstić information content (AvgIpc) is 3.02. The molecule has 3 rings (SSSR count). The molecule has 0 saturated heterocycles. The highest BCUT2D eigenvalue weighted by molar-refractivity contribution is 7.09. The monoisotopic (exact) mass is 337 g/mol. The molecule has 0 fully saturated rings. The molecule has 4 nitrogen and oxygen atoms in total. The van der Waals surface area contributed by atoms with Gasteiger partial charge in [0.1, 0.15) is 0 Å². The van der Waals surface area contributed by atoms with E-state index < -0.39 is 0 Å². The third-order valence-electron chi connectivity index (χ3n) is 3.63. The molecular formula is C19H19N3OS. The first-order valence-corrected chi connectivity index (χ1v) is 8.61. The zero-order valence-corrected chi connectivity index (χ0v) is 14.5. The summed E-state index contributed by atoms with van der Waals surface area (Å²) in [7, 11) is 0. The van der Waals surface area contributed by atoms with E-state index in [1.165, 1.54) is 0 Å². The van der Waals surface area contributed by atoms with Gasteiger partial charge in [-0.25, -0.2) is 9.78 Å². The number of urea groups is 1. The van der Waals surface area contributed by atoms with Gasteiger partial charge >= 0.3 is 6.03 Å². The average molecular weight is 337 g/mol. The zero-order chi connectivity index (χ0) is 16.9. The van der Waals surface area contributed by atoms with Crippen molar-refractivity contribution in [2.75, 3.05) is 5.32 Å². The van der Waals surface area contributed by atoms with E-state index in [9.17, 15) is 4.79 Å². The lowest BCUT2D eigenvalue weighted by Crippen LogP contribution is -2.28. The molecule has 0 radical (unpaired) electrons. The van der Waals surface area contributed by atoms with Crippen molar-refractivity contribution < 1.29 is 4.79 Å². The number of hydrogen-bond donors (Lipinski definition) is 2. The van der Waals surface area contributed by atoms with Gasteiger partial charge in [0.25, 0.3) is 0 Å². The molecule has 5 heteroatoms. The number of nitrogens with zero attached hydrogens (tertiary/aromatic N) is 1. The minimum atomic E-state index is -0.210. The molecule has 1 aromatic heterocycles. The van der Waals surface area contributed by atoms with Crippen LogP contribution in [0.1, 0.15) is 16.1 Å². The SMILES string of the molecule is Cc1ccc(NC(=O)NCc2ccc(-c3csc(C)n3)cc2)cc1. The first-order valence-electron chi connectivity index (χ1n) is 7.73. The molecule has 0 aliphatic heterocycles. The molecule has 0 aliphatic carbocycles. The largest absolute Gasteiger partial charge is 0.334 e. The second-order valence-corrected chi connectivity index (χ2v) is 6.68. The maximum Gasteiger partial charge on any atom is 0.319 e. The fourth-order valence-corrected chi connectivity index (χ4v) is 2.91. The van der Waals surface area contributed by atoms with Crippen molar-refractivity contribution in [2.45, 2.75) is 20.4 Å². The second-order valence-electron chi connectivity index (χ2n) is 5.62. The van der Waals surface area contributed by atoms with Gasteiger partial charge in [-0.2, -0.15) is 0 Å². The van der Waals surface area contributed by atoms with Gasteiger partial charge < -0.3 is 10.6 Å². The van der Waals surface area contributed by atoms with Crippen molar-refractivity contribution in [1.82, 2.24) is 10.3 Å². The molecule has 2 aromatic carbocycles. The molecule has 0 bridgehead atoms. The molecule has 2 N–H and O–H groups in total. The summed E-state index contributed by atoms with van der Waals surface area (Å²) in [5, 5.41) is 8.79. The normalized spacial score (nSPS) is 10.4. The van der Waals surface area contributed by atoms with E-state index in [4.69, 9.17) is 0 Å². The molecule has 0 unspecified atom stereocenters. The van der Waals surface area contributed by atoms with Crippen LogP contribution in [-0.2, 0) is 6.54 Å². The number of hydrogen-bond acceptors (Lipinski definition) is 3. The third kappa shape index (κ3) is 4.20. The molecule has 122 valence electrons. The zero-order valence-electron chi connectivity index (χ0n) is 13.7. The summed E-state index contributed by atoms with van der Waals surface area (Å²) in [5.74, 6) is 0. The lowest BCUT2D eigenvalue weighted by molar-refractivity contribution is 0.251. The van der Waals surface area contributed by atoms with Crippen molar-refractivity contribution in [3.05, 3.63) is 70.0 Å². The highest BCUT2D eigenvalue weighted by Gasteiger charge is 2.04. The van der Waals surface area contributed by atoms with Gasteiger partial charge in [0.05, 0.1) is 10.7 Å². The number of benzene rings is 2. The number of rotatable bonds is 4. The van der Waals surface area contributed by atoms with Gasteiger partial charge in [-0.15, -0.1) is 11.3 Å². The molecule has 0 atom stereocenters. The number of carbonyl (C=O) groups is 1. The lowest BCUT2D eigenvalue weighted by atomic mass is 10.1. The smallest absolute Gasteiger partial charge is 0.319 e. The minimum Gasteiger partial charge on any atom is -0.334 e. The molecule has 3 aromatic rings. The van der Waals surface area contributed by atoms with Crippen molar-refractivity contribution in [3.63, 3.8) is 0 Å². The summed E-state index contributed by atoms with van der Waals surface area (Å²) in [4.78, 5) is 16.4. The molecule has 0 saturated carbocycles. The van der Waals surface area contributed by atoms with Gasteiger partial charge in [-0.05, 0) is 31.5 Å². The number of aromatic nitrogens is 1. The highest BCUT2D eigenvalue weighted by atomic mass is 32.1. The maximum atomic E-state index is 11.9. The predicted molar refractivity (Wildman–Crippen MR) is 99.3 cm³/mol. The summed E-state index contributed by atoms with van der Waals surface area (Å²) in [6.45, 7) is 4.49. The molecule has 1 heterocycles. The number of thiazole rings is 1. The standard InChI is InChI=1S/C19H19N3OS/c1-13-3-9-17(10-4-13)22-19(23)20-11-15-5-7-16(8-6-15)18-12-24-14(2)21-18/h3-10,12H,11H2,1-2H3,(H2,20,22,23). The van der Waals surface area contributed by atoms with E-state index in [1.807, 2.05) is 62.4 Å². The van der Waals surface area contributed by atoms with Crippen LogP contribution in [-0.4, -0.2) is 11.0 Å². The van der Waals surface area contributed by atoms with E-state index in [0.717, 1.165) is 33.1 Å². The van der Waals surface area contributed by atoms with E-state index in [1.54, 1.807) is 11.3 Å². The molecule has 2 amide bonds. The van der Waals surface area contributed by atoms with Crippen LogP contribution in [0, 0.1) is 13.8 Å². The van der Waals surface area contributed by atoms with Crippen LogP contribution in [0.3, 0.4) is 0 Å².